The van der Waals surface area contributed by atoms with Gasteiger partial charge in [0.15, 0.2) is 11.5 Å². The quantitative estimate of drug-likeness (QED) is 0.928. The number of alkyl halides is 1. The Bertz CT molecular complexity index is 504. The zero-order valence-corrected chi connectivity index (χ0v) is 12.9. The van der Waals surface area contributed by atoms with E-state index in [2.05, 4.69) is 5.32 Å². The molecule has 0 aliphatic carbocycles. The maximum absolute atomic E-state index is 14.6. The molecule has 0 radical (unpaired) electrons. The Hall–Kier alpha value is -1.29. The highest BCUT2D eigenvalue weighted by atomic mass is 19.1. The first-order valence-corrected chi connectivity index (χ1v) is 7.86. The Kier molecular flexibility index (Phi) is 4.07. The van der Waals surface area contributed by atoms with Gasteiger partial charge in [-0.05, 0) is 75.4 Å². The van der Waals surface area contributed by atoms with Gasteiger partial charge < -0.3 is 14.8 Å². The minimum Gasteiger partial charge on any atom is -0.486 e. The van der Waals surface area contributed by atoms with Gasteiger partial charge in [-0.1, -0.05) is 0 Å². The monoisotopic (exact) mass is 293 g/mol. The van der Waals surface area contributed by atoms with Gasteiger partial charge in [0.25, 0.3) is 0 Å². The average molecular weight is 293 g/mol. The van der Waals surface area contributed by atoms with Crippen LogP contribution in [0.2, 0.25) is 0 Å². The lowest BCUT2D eigenvalue weighted by atomic mass is 9.85. The molecule has 116 valence electrons. The van der Waals surface area contributed by atoms with Crippen LogP contribution in [0, 0.1) is 5.92 Å². The molecule has 0 aromatic heterocycles. The molecule has 1 fully saturated rings. The Morgan fingerprint density at radius 1 is 1.14 bits per heavy atom. The van der Waals surface area contributed by atoms with E-state index in [1.165, 1.54) is 0 Å². The molecule has 21 heavy (non-hydrogen) atoms. The van der Waals surface area contributed by atoms with Crippen molar-refractivity contribution >= 4 is 0 Å². The number of halogens is 1. The van der Waals surface area contributed by atoms with Gasteiger partial charge in [0.05, 0.1) is 0 Å². The normalized spacial score (nSPS) is 19.6. The first-order chi connectivity index (χ1) is 10.0. The lowest BCUT2D eigenvalue weighted by Crippen LogP contribution is -2.29. The number of hydrogen-bond acceptors (Lipinski definition) is 3. The van der Waals surface area contributed by atoms with Crippen LogP contribution in [0.25, 0.3) is 0 Å². The van der Waals surface area contributed by atoms with Crippen LogP contribution in [-0.2, 0) is 12.1 Å². The molecule has 1 saturated heterocycles. The fourth-order valence-electron chi connectivity index (χ4n) is 3.25. The van der Waals surface area contributed by atoms with Crippen LogP contribution in [0.15, 0.2) is 12.1 Å². The van der Waals surface area contributed by atoms with Crippen molar-refractivity contribution in [3.05, 3.63) is 23.3 Å². The number of ether oxygens (including phenoxy) is 2. The highest BCUT2D eigenvalue weighted by Crippen LogP contribution is 2.39. The molecular weight excluding hydrogens is 269 g/mol. The van der Waals surface area contributed by atoms with Crippen molar-refractivity contribution < 1.29 is 13.9 Å². The molecule has 1 aromatic carbocycles. The predicted octanol–water partition coefficient (Wildman–Crippen LogP) is 3.20. The second-order valence-corrected chi connectivity index (χ2v) is 6.52. The van der Waals surface area contributed by atoms with Gasteiger partial charge in [-0.25, -0.2) is 4.39 Å². The summed E-state index contributed by atoms with van der Waals surface area (Å²) in [5.41, 5.74) is 0.446. The highest BCUT2D eigenvalue weighted by molar-refractivity contribution is 5.50. The van der Waals surface area contributed by atoms with E-state index in [-0.39, 0.29) is 0 Å². The maximum atomic E-state index is 14.6. The van der Waals surface area contributed by atoms with Gasteiger partial charge >= 0.3 is 0 Å². The van der Waals surface area contributed by atoms with Crippen LogP contribution >= 0.6 is 0 Å². The summed E-state index contributed by atoms with van der Waals surface area (Å²) in [6.07, 6.45) is 3.22. The second kappa shape index (κ2) is 5.84. The Labute approximate surface area is 125 Å². The topological polar surface area (TPSA) is 30.5 Å². The van der Waals surface area contributed by atoms with Gasteiger partial charge in [-0.2, -0.15) is 0 Å². The predicted molar refractivity (Wildman–Crippen MR) is 80.9 cm³/mol. The summed E-state index contributed by atoms with van der Waals surface area (Å²) < 4.78 is 25.9. The molecular formula is C17H24FNO2. The van der Waals surface area contributed by atoms with Crippen molar-refractivity contribution in [3.63, 3.8) is 0 Å². The number of benzene rings is 1. The molecule has 0 spiro atoms. The summed E-state index contributed by atoms with van der Waals surface area (Å²) in [7, 11) is 0. The molecule has 2 aliphatic heterocycles. The summed E-state index contributed by atoms with van der Waals surface area (Å²) in [5.74, 6) is 2.06. The molecule has 3 rings (SSSR count). The van der Waals surface area contributed by atoms with E-state index in [9.17, 15) is 4.39 Å². The zero-order valence-electron chi connectivity index (χ0n) is 12.9. The fraction of sp³-hybridized carbons (Fsp3) is 0.647. The Morgan fingerprint density at radius 2 is 1.76 bits per heavy atom. The number of nitrogens with one attached hydrogen (secondary N) is 1. The van der Waals surface area contributed by atoms with Crippen molar-refractivity contribution in [3.8, 4) is 11.5 Å². The first-order valence-electron chi connectivity index (χ1n) is 7.86. The van der Waals surface area contributed by atoms with Gasteiger partial charge in [0.1, 0.15) is 18.9 Å². The van der Waals surface area contributed by atoms with E-state index in [1.54, 1.807) is 13.8 Å². The molecule has 0 saturated carbocycles. The molecule has 1 N–H and O–H groups in total. The van der Waals surface area contributed by atoms with Gasteiger partial charge in [0, 0.05) is 0 Å². The number of piperidine rings is 1. The van der Waals surface area contributed by atoms with Crippen molar-refractivity contribution in [1.29, 1.82) is 0 Å². The van der Waals surface area contributed by atoms with E-state index >= 15 is 0 Å². The lowest BCUT2D eigenvalue weighted by molar-refractivity contribution is 0.168. The van der Waals surface area contributed by atoms with Crippen LogP contribution in [0.1, 0.15) is 37.8 Å². The third kappa shape index (κ3) is 3.31. The van der Waals surface area contributed by atoms with Crippen LogP contribution in [-0.4, -0.2) is 26.3 Å². The van der Waals surface area contributed by atoms with Crippen LogP contribution in [0.5, 0.6) is 11.5 Å². The first kappa shape index (κ1) is 14.6. The molecule has 2 aliphatic rings. The minimum atomic E-state index is -1.36. The fourth-order valence-corrected chi connectivity index (χ4v) is 3.25. The van der Waals surface area contributed by atoms with Crippen molar-refractivity contribution in [1.82, 2.24) is 5.32 Å². The molecule has 3 nitrogen and oxygen atoms in total. The zero-order chi connectivity index (χ0) is 14.9. The van der Waals surface area contributed by atoms with Crippen LogP contribution < -0.4 is 14.8 Å². The number of rotatable bonds is 3. The molecule has 1 aromatic rings. The summed E-state index contributed by atoms with van der Waals surface area (Å²) in [6.45, 7) is 6.45. The van der Waals surface area contributed by atoms with Gasteiger partial charge in [-0.3, -0.25) is 0 Å². The molecule has 0 atom stereocenters. The summed E-state index contributed by atoms with van der Waals surface area (Å²) in [4.78, 5) is 0. The summed E-state index contributed by atoms with van der Waals surface area (Å²) in [5, 5.41) is 3.38. The van der Waals surface area contributed by atoms with E-state index in [4.69, 9.17) is 9.47 Å². The van der Waals surface area contributed by atoms with Crippen molar-refractivity contribution in [2.24, 2.45) is 5.92 Å². The van der Waals surface area contributed by atoms with Gasteiger partial charge in [-0.15, -0.1) is 0 Å². The Balaban J connectivity index is 1.92. The summed E-state index contributed by atoms with van der Waals surface area (Å²) >= 11 is 0. The Morgan fingerprint density at radius 3 is 2.38 bits per heavy atom. The van der Waals surface area contributed by atoms with Crippen LogP contribution in [0.4, 0.5) is 4.39 Å². The third-order valence-electron chi connectivity index (χ3n) is 4.38. The second-order valence-electron chi connectivity index (χ2n) is 6.52. The molecule has 0 amide bonds. The standard InChI is InChI=1S/C17H24FNO2/c1-17(2,18)14-11-16-15(20-7-8-21-16)10-13(14)9-12-3-5-19-6-4-12/h10-12,19H,3-9H2,1-2H3. The number of fused-ring (bicyclic) bond motifs is 1. The largest absolute Gasteiger partial charge is 0.486 e. The minimum absolute atomic E-state index is 0.535. The molecule has 2 heterocycles. The SMILES string of the molecule is CC(C)(F)c1cc2c(cc1CC1CCNCC1)OCCO2. The average Bonchev–Trinajstić information content (AvgIpc) is 2.46. The van der Waals surface area contributed by atoms with Crippen molar-refractivity contribution in [2.75, 3.05) is 26.3 Å². The van der Waals surface area contributed by atoms with Gasteiger partial charge in [0.2, 0.25) is 0 Å². The van der Waals surface area contributed by atoms with Crippen molar-refractivity contribution in [2.45, 2.75) is 38.8 Å². The third-order valence-corrected chi connectivity index (χ3v) is 4.38. The molecule has 0 unspecified atom stereocenters. The van der Waals surface area contributed by atoms with E-state index < -0.39 is 5.67 Å². The molecule has 0 bridgehead atoms. The van der Waals surface area contributed by atoms with E-state index in [1.807, 2.05) is 12.1 Å². The smallest absolute Gasteiger partial charge is 0.161 e. The summed E-state index contributed by atoms with van der Waals surface area (Å²) in [6, 6.07) is 3.83. The van der Waals surface area contributed by atoms with E-state index in [0.717, 1.165) is 49.2 Å². The van der Waals surface area contributed by atoms with Crippen LogP contribution in [0.3, 0.4) is 0 Å². The number of hydrogen-bond donors (Lipinski definition) is 1. The maximum Gasteiger partial charge on any atom is 0.161 e. The van der Waals surface area contributed by atoms with E-state index in [0.29, 0.717) is 24.9 Å². The lowest BCUT2D eigenvalue weighted by Gasteiger charge is -2.28. The highest BCUT2D eigenvalue weighted by Gasteiger charge is 2.27. The molecule has 4 heteroatoms.